The first-order valence-electron chi connectivity index (χ1n) is 10.9. The van der Waals surface area contributed by atoms with E-state index >= 15 is 0 Å². The van der Waals surface area contributed by atoms with Crippen molar-refractivity contribution in [3.63, 3.8) is 0 Å². The van der Waals surface area contributed by atoms with Crippen molar-refractivity contribution in [2.75, 3.05) is 0 Å². The Hall–Kier alpha value is -2.87. The van der Waals surface area contributed by atoms with Gasteiger partial charge in [0.2, 0.25) is 0 Å². The lowest BCUT2D eigenvalue weighted by molar-refractivity contribution is 0.525. The number of aromatic nitrogens is 2. The molecule has 4 nitrogen and oxygen atoms in total. The third-order valence-electron chi connectivity index (χ3n) is 5.86. The number of halogens is 1. The van der Waals surface area contributed by atoms with E-state index in [0.717, 1.165) is 48.6 Å². The molecule has 1 aromatic heterocycles. The van der Waals surface area contributed by atoms with Crippen molar-refractivity contribution in [1.29, 1.82) is 5.26 Å². The normalized spacial score (nSPS) is 16.4. The maximum Gasteiger partial charge on any atom is 0.0991 e. The van der Waals surface area contributed by atoms with E-state index < -0.39 is 0 Å². The van der Waals surface area contributed by atoms with Crippen LogP contribution in [0, 0.1) is 11.3 Å². The van der Waals surface area contributed by atoms with Crippen LogP contribution in [0.25, 0.3) is 0 Å². The number of nitriles is 1. The summed E-state index contributed by atoms with van der Waals surface area (Å²) in [6.07, 6.45) is 11.9. The molecule has 0 amide bonds. The minimum absolute atomic E-state index is 0.359. The lowest BCUT2D eigenvalue weighted by atomic mass is 10.0. The molecule has 0 bridgehead atoms. The molecule has 0 fully saturated rings. The van der Waals surface area contributed by atoms with Gasteiger partial charge in [-0.05, 0) is 55.0 Å². The van der Waals surface area contributed by atoms with Gasteiger partial charge in [0.05, 0.1) is 23.7 Å². The number of imidazole rings is 1. The lowest BCUT2D eigenvalue weighted by Crippen LogP contribution is -2.27. The third kappa shape index (κ3) is 5.85. The van der Waals surface area contributed by atoms with Crippen LogP contribution in [0.4, 0.5) is 0 Å². The Morgan fingerprint density at radius 2 is 1.97 bits per heavy atom. The summed E-state index contributed by atoms with van der Waals surface area (Å²) in [6.45, 7) is 1.53. The van der Waals surface area contributed by atoms with Crippen LogP contribution in [-0.4, -0.2) is 15.6 Å². The smallest absolute Gasteiger partial charge is 0.0991 e. The summed E-state index contributed by atoms with van der Waals surface area (Å²) in [4.78, 5) is 4.36. The minimum atomic E-state index is 0.359. The molecule has 1 atom stereocenters. The van der Waals surface area contributed by atoms with Gasteiger partial charge in [-0.2, -0.15) is 5.26 Å². The first-order valence-corrected chi connectivity index (χ1v) is 11.2. The Balaban J connectivity index is 1.39. The number of nitrogens with zero attached hydrogens (tertiary/aromatic N) is 3. The van der Waals surface area contributed by atoms with Gasteiger partial charge in [-0.3, -0.25) is 0 Å². The first-order chi connectivity index (χ1) is 15.2. The first kappa shape index (κ1) is 21.4. The molecule has 0 saturated carbocycles. The molecule has 0 aliphatic heterocycles. The predicted molar refractivity (Wildman–Crippen MR) is 125 cm³/mol. The Kier molecular flexibility index (Phi) is 7.19. The van der Waals surface area contributed by atoms with Gasteiger partial charge in [0.15, 0.2) is 0 Å². The molecular weight excluding hydrogens is 404 g/mol. The molecule has 3 aromatic rings. The summed E-state index contributed by atoms with van der Waals surface area (Å²) in [5.74, 6) is 0. The fraction of sp³-hybridized carbons (Fsp3) is 0.308. The second-order valence-corrected chi connectivity index (χ2v) is 8.56. The summed E-state index contributed by atoms with van der Waals surface area (Å²) in [7, 11) is 0. The Morgan fingerprint density at radius 3 is 2.77 bits per heavy atom. The van der Waals surface area contributed by atoms with E-state index in [1.165, 1.54) is 24.0 Å². The van der Waals surface area contributed by atoms with Crippen LogP contribution in [-0.2, 0) is 19.5 Å². The van der Waals surface area contributed by atoms with Crippen LogP contribution in [0.2, 0.25) is 5.02 Å². The van der Waals surface area contributed by atoms with Gasteiger partial charge in [0, 0.05) is 30.4 Å². The molecule has 1 aliphatic rings. The molecule has 31 heavy (non-hydrogen) atoms. The zero-order valence-electron chi connectivity index (χ0n) is 17.6. The highest BCUT2D eigenvalue weighted by Gasteiger charge is 2.14. The zero-order chi connectivity index (χ0) is 21.5. The Labute approximate surface area is 189 Å². The van der Waals surface area contributed by atoms with Crippen LogP contribution >= 0.6 is 11.6 Å². The van der Waals surface area contributed by atoms with Gasteiger partial charge in [0.1, 0.15) is 0 Å². The second kappa shape index (κ2) is 10.4. The molecule has 4 rings (SSSR count). The highest BCUT2D eigenvalue weighted by atomic mass is 35.5. The topological polar surface area (TPSA) is 53.6 Å². The molecule has 1 heterocycles. The summed E-state index contributed by atoms with van der Waals surface area (Å²) in [5, 5.41) is 13.5. The van der Waals surface area contributed by atoms with Crippen molar-refractivity contribution in [2.45, 2.75) is 51.2 Å². The molecule has 158 valence electrons. The summed E-state index contributed by atoms with van der Waals surface area (Å²) < 4.78 is 2.17. The van der Waals surface area contributed by atoms with Crippen LogP contribution in [0.1, 0.15) is 48.1 Å². The number of rotatable bonds is 7. The van der Waals surface area contributed by atoms with Crippen molar-refractivity contribution in [3.8, 4) is 6.07 Å². The zero-order valence-corrected chi connectivity index (χ0v) is 18.4. The maximum absolute atomic E-state index is 8.97. The van der Waals surface area contributed by atoms with Crippen molar-refractivity contribution in [1.82, 2.24) is 14.9 Å². The quantitative estimate of drug-likeness (QED) is 0.492. The van der Waals surface area contributed by atoms with Gasteiger partial charge < -0.3 is 9.88 Å². The number of allylic oxidation sites excluding steroid dienone is 1. The van der Waals surface area contributed by atoms with Crippen LogP contribution in [0.15, 0.2) is 72.7 Å². The number of hydrogen-bond donors (Lipinski definition) is 1. The highest BCUT2D eigenvalue weighted by Crippen LogP contribution is 2.25. The number of nitrogens with one attached hydrogen (secondary N) is 1. The predicted octanol–water partition coefficient (Wildman–Crippen LogP) is 5.66. The largest absolute Gasteiger partial charge is 0.329 e. The molecule has 0 spiro atoms. The summed E-state index contributed by atoms with van der Waals surface area (Å²) in [6, 6.07) is 18.4. The van der Waals surface area contributed by atoms with E-state index in [2.05, 4.69) is 39.1 Å². The molecule has 5 heteroatoms. The van der Waals surface area contributed by atoms with E-state index in [9.17, 15) is 0 Å². The fourth-order valence-corrected chi connectivity index (χ4v) is 4.32. The van der Waals surface area contributed by atoms with Gasteiger partial charge in [0.25, 0.3) is 0 Å². The molecule has 0 radical (unpaired) electrons. The molecule has 2 aromatic carbocycles. The average molecular weight is 431 g/mol. The monoisotopic (exact) mass is 430 g/mol. The van der Waals surface area contributed by atoms with E-state index in [1.807, 2.05) is 48.9 Å². The van der Waals surface area contributed by atoms with E-state index in [1.54, 1.807) is 0 Å². The van der Waals surface area contributed by atoms with Gasteiger partial charge in [-0.25, -0.2) is 4.98 Å². The fourth-order valence-electron chi connectivity index (χ4n) is 4.12. The van der Waals surface area contributed by atoms with Gasteiger partial charge >= 0.3 is 0 Å². The minimum Gasteiger partial charge on any atom is -0.329 e. The number of hydrogen-bond acceptors (Lipinski definition) is 3. The van der Waals surface area contributed by atoms with Crippen LogP contribution in [0.5, 0.6) is 0 Å². The summed E-state index contributed by atoms with van der Waals surface area (Å²) in [5.41, 5.74) is 5.68. The van der Waals surface area contributed by atoms with Gasteiger partial charge in [-0.1, -0.05) is 60.0 Å². The summed E-state index contributed by atoms with van der Waals surface area (Å²) >= 11 is 6.38. The third-order valence-corrected chi connectivity index (χ3v) is 6.22. The SMILES string of the molecule is N#Cc1ccc(Cn2cncc2CNC2C=C(Cc3ccccc3Cl)CCCC2)cc1. The molecule has 1 aliphatic carbocycles. The molecular formula is C26H27ClN4. The highest BCUT2D eigenvalue weighted by molar-refractivity contribution is 6.31. The Bertz CT molecular complexity index is 1080. The maximum atomic E-state index is 8.97. The van der Waals surface area contributed by atoms with E-state index in [-0.39, 0.29) is 0 Å². The molecule has 1 unspecified atom stereocenters. The van der Waals surface area contributed by atoms with E-state index in [0.29, 0.717) is 11.6 Å². The standard InChI is InChI=1S/C26H27ClN4/c27-26-8-4-2-6-23(26)13-22-5-1-3-7-24(14-22)30-17-25-16-29-19-31(25)18-21-11-9-20(15-28)10-12-21/h2,4,6,8-12,14,16,19,24,30H,1,3,5,7,13,17-18H2. The van der Waals surface area contributed by atoms with Crippen molar-refractivity contribution in [2.24, 2.45) is 0 Å². The Morgan fingerprint density at radius 1 is 1.13 bits per heavy atom. The second-order valence-electron chi connectivity index (χ2n) is 8.15. The molecule has 0 saturated heterocycles. The van der Waals surface area contributed by atoms with Crippen molar-refractivity contribution >= 4 is 11.6 Å². The average Bonchev–Trinajstić information content (AvgIpc) is 3.10. The van der Waals surface area contributed by atoms with E-state index in [4.69, 9.17) is 16.9 Å². The lowest BCUT2D eigenvalue weighted by Gasteiger charge is -2.16. The number of benzene rings is 2. The van der Waals surface area contributed by atoms with Crippen LogP contribution in [0.3, 0.4) is 0 Å². The van der Waals surface area contributed by atoms with Gasteiger partial charge in [-0.15, -0.1) is 0 Å². The van der Waals surface area contributed by atoms with Crippen molar-refractivity contribution in [3.05, 3.63) is 100 Å². The molecule has 1 N–H and O–H groups in total. The van der Waals surface area contributed by atoms with Crippen molar-refractivity contribution < 1.29 is 0 Å². The van der Waals surface area contributed by atoms with Crippen LogP contribution < -0.4 is 5.32 Å².